The zero-order valence-electron chi connectivity index (χ0n) is 10.6. The highest BCUT2D eigenvalue weighted by molar-refractivity contribution is 7.98. The van der Waals surface area contributed by atoms with Gasteiger partial charge in [-0.3, -0.25) is 0 Å². The largest absolute Gasteiger partial charge is 0.497 e. The topological polar surface area (TPSA) is 21.3 Å². The van der Waals surface area contributed by atoms with E-state index in [1.165, 1.54) is 16.1 Å². The van der Waals surface area contributed by atoms with Crippen molar-refractivity contribution in [2.75, 3.05) is 19.5 Å². The first kappa shape index (κ1) is 12.8. The second-order valence-electron chi connectivity index (χ2n) is 3.88. The van der Waals surface area contributed by atoms with E-state index in [-0.39, 0.29) is 0 Å². The van der Waals surface area contributed by atoms with Crippen molar-refractivity contribution in [3.8, 4) is 5.75 Å². The van der Waals surface area contributed by atoms with Gasteiger partial charge in [-0.05, 0) is 29.8 Å². The van der Waals surface area contributed by atoms with E-state index in [1.54, 1.807) is 7.11 Å². The fourth-order valence-electron chi connectivity index (χ4n) is 1.68. The first-order valence-electron chi connectivity index (χ1n) is 5.86. The molecular weight excluding hydrogens is 242 g/mol. The molecule has 0 radical (unpaired) electrons. The predicted octanol–water partition coefficient (Wildman–Crippen LogP) is 4.03. The van der Waals surface area contributed by atoms with Gasteiger partial charge in [-0.1, -0.05) is 24.3 Å². The highest BCUT2D eigenvalue weighted by atomic mass is 32.2. The first-order valence-corrected chi connectivity index (χ1v) is 6.84. The smallest absolute Gasteiger partial charge is 0.118 e. The number of thioether (sulfide) groups is 1. The van der Waals surface area contributed by atoms with E-state index in [9.17, 15) is 0 Å². The standard InChI is InChI=1S/C15H17NOS/c1-16-14-5-3-4-6-15(14)18-11-12-7-9-13(17-2)10-8-12/h3-10,16H,11H2,1-2H3. The Bertz CT molecular complexity index is 496. The minimum atomic E-state index is 0.902. The molecule has 0 atom stereocenters. The summed E-state index contributed by atoms with van der Waals surface area (Å²) in [5.41, 5.74) is 2.47. The molecule has 2 rings (SSSR count). The van der Waals surface area contributed by atoms with Crippen LogP contribution in [-0.4, -0.2) is 14.2 Å². The van der Waals surface area contributed by atoms with Crippen LogP contribution in [0.2, 0.25) is 0 Å². The average molecular weight is 259 g/mol. The van der Waals surface area contributed by atoms with Crippen LogP contribution in [0.1, 0.15) is 5.56 Å². The van der Waals surface area contributed by atoms with E-state index in [2.05, 4.69) is 35.6 Å². The monoisotopic (exact) mass is 259 g/mol. The van der Waals surface area contributed by atoms with E-state index >= 15 is 0 Å². The van der Waals surface area contributed by atoms with Gasteiger partial charge < -0.3 is 10.1 Å². The second-order valence-corrected chi connectivity index (χ2v) is 4.90. The van der Waals surface area contributed by atoms with E-state index < -0.39 is 0 Å². The molecule has 0 aromatic heterocycles. The number of nitrogens with one attached hydrogen (secondary N) is 1. The predicted molar refractivity (Wildman–Crippen MR) is 78.5 cm³/mol. The van der Waals surface area contributed by atoms with Crippen molar-refractivity contribution in [3.63, 3.8) is 0 Å². The van der Waals surface area contributed by atoms with Crippen molar-refractivity contribution in [2.45, 2.75) is 10.6 Å². The second kappa shape index (κ2) is 6.36. The van der Waals surface area contributed by atoms with E-state index in [0.717, 1.165) is 11.5 Å². The lowest BCUT2D eigenvalue weighted by Crippen LogP contribution is -1.90. The maximum absolute atomic E-state index is 5.15. The van der Waals surface area contributed by atoms with E-state index in [0.29, 0.717) is 0 Å². The van der Waals surface area contributed by atoms with Crippen LogP contribution < -0.4 is 10.1 Å². The number of rotatable bonds is 5. The summed E-state index contributed by atoms with van der Waals surface area (Å²) in [5.74, 6) is 1.86. The summed E-state index contributed by atoms with van der Waals surface area (Å²) in [6.45, 7) is 0. The Kier molecular flexibility index (Phi) is 4.53. The number of methoxy groups -OCH3 is 1. The van der Waals surface area contributed by atoms with Crippen molar-refractivity contribution in [1.82, 2.24) is 0 Å². The Morgan fingerprint density at radius 3 is 2.44 bits per heavy atom. The quantitative estimate of drug-likeness (QED) is 0.819. The number of hydrogen-bond acceptors (Lipinski definition) is 3. The Morgan fingerprint density at radius 1 is 1.06 bits per heavy atom. The molecule has 2 aromatic rings. The fourth-order valence-corrected chi connectivity index (χ4v) is 2.70. The number of hydrogen-bond donors (Lipinski definition) is 1. The van der Waals surface area contributed by atoms with Crippen LogP contribution >= 0.6 is 11.8 Å². The third-order valence-corrected chi connectivity index (χ3v) is 3.85. The Labute approximate surface area is 112 Å². The third kappa shape index (κ3) is 3.20. The molecule has 0 aliphatic carbocycles. The average Bonchev–Trinajstić information content (AvgIpc) is 2.46. The SMILES string of the molecule is CNc1ccccc1SCc1ccc(OC)cc1. The first-order chi connectivity index (χ1) is 8.83. The van der Waals surface area contributed by atoms with Gasteiger partial charge in [-0.25, -0.2) is 0 Å². The molecule has 0 aliphatic rings. The lowest BCUT2D eigenvalue weighted by Gasteiger charge is -2.08. The van der Waals surface area contributed by atoms with E-state index in [1.807, 2.05) is 37.0 Å². The van der Waals surface area contributed by atoms with Gasteiger partial charge in [0.1, 0.15) is 5.75 Å². The molecule has 0 fully saturated rings. The summed E-state index contributed by atoms with van der Waals surface area (Å²) in [7, 11) is 3.64. The summed E-state index contributed by atoms with van der Waals surface area (Å²) < 4.78 is 5.15. The number of anilines is 1. The molecule has 1 N–H and O–H groups in total. The molecule has 0 bridgehead atoms. The van der Waals surface area contributed by atoms with Crippen molar-refractivity contribution >= 4 is 17.4 Å². The van der Waals surface area contributed by atoms with Crippen LogP contribution in [0.3, 0.4) is 0 Å². The van der Waals surface area contributed by atoms with E-state index in [4.69, 9.17) is 4.74 Å². The number of para-hydroxylation sites is 1. The summed E-state index contributed by atoms with van der Waals surface area (Å²) in [6, 6.07) is 16.6. The summed E-state index contributed by atoms with van der Waals surface area (Å²) in [6.07, 6.45) is 0. The van der Waals surface area contributed by atoms with Crippen molar-refractivity contribution in [2.24, 2.45) is 0 Å². The summed E-state index contributed by atoms with van der Waals surface area (Å²) in [5, 5.41) is 3.21. The number of benzene rings is 2. The minimum absolute atomic E-state index is 0.902. The van der Waals surface area contributed by atoms with Crippen LogP contribution in [0.4, 0.5) is 5.69 Å². The molecular formula is C15H17NOS. The van der Waals surface area contributed by atoms with Crippen LogP contribution in [0.15, 0.2) is 53.4 Å². The normalized spacial score (nSPS) is 10.1. The lowest BCUT2D eigenvalue weighted by atomic mass is 10.2. The Balaban J connectivity index is 2.02. The molecule has 2 aromatic carbocycles. The zero-order chi connectivity index (χ0) is 12.8. The van der Waals surface area contributed by atoms with Crippen molar-refractivity contribution in [1.29, 1.82) is 0 Å². The molecule has 0 heterocycles. The third-order valence-electron chi connectivity index (χ3n) is 2.71. The van der Waals surface area contributed by atoms with Crippen LogP contribution in [-0.2, 0) is 5.75 Å². The van der Waals surface area contributed by atoms with Gasteiger partial charge in [0.2, 0.25) is 0 Å². The molecule has 94 valence electrons. The summed E-state index contributed by atoms with van der Waals surface area (Å²) >= 11 is 1.83. The van der Waals surface area contributed by atoms with Crippen LogP contribution in [0.25, 0.3) is 0 Å². The van der Waals surface area contributed by atoms with Gasteiger partial charge >= 0.3 is 0 Å². The molecule has 0 saturated heterocycles. The molecule has 2 nitrogen and oxygen atoms in total. The molecule has 0 spiro atoms. The molecule has 0 saturated carbocycles. The molecule has 0 amide bonds. The zero-order valence-corrected chi connectivity index (χ0v) is 11.5. The number of ether oxygens (including phenoxy) is 1. The highest BCUT2D eigenvalue weighted by Gasteiger charge is 2.01. The maximum Gasteiger partial charge on any atom is 0.118 e. The van der Waals surface area contributed by atoms with Gasteiger partial charge in [0.25, 0.3) is 0 Å². The van der Waals surface area contributed by atoms with Gasteiger partial charge in [-0.2, -0.15) is 0 Å². The summed E-state index contributed by atoms with van der Waals surface area (Å²) in [4.78, 5) is 1.27. The van der Waals surface area contributed by atoms with Crippen LogP contribution in [0, 0.1) is 0 Å². The van der Waals surface area contributed by atoms with Gasteiger partial charge in [0, 0.05) is 23.4 Å². The van der Waals surface area contributed by atoms with Gasteiger partial charge in [0.05, 0.1) is 7.11 Å². The molecule has 0 unspecified atom stereocenters. The van der Waals surface area contributed by atoms with Gasteiger partial charge in [-0.15, -0.1) is 11.8 Å². The molecule has 3 heteroatoms. The van der Waals surface area contributed by atoms with Gasteiger partial charge in [0.15, 0.2) is 0 Å². The lowest BCUT2D eigenvalue weighted by molar-refractivity contribution is 0.414. The minimum Gasteiger partial charge on any atom is -0.497 e. The van der Waals surface area contributed by atoms with Crippen molar-refractivity contribution in [3.05, 3.63) is 54.1 Å². The molecule has 0 aliphatic heterocycles. The fraction of sp³-hybridized carbons (Fsp3) is 0.200. The Hall–Kier alpha value is -1.61. The van der Waals surface area contributed by atoms with Crippen molar-refractivity contribution < 1.29 is 4.74 Å². The maximum atomic E-state index is 5.15. The molecule has 18 heavy (non-hydrogen) atoms. The highest BCUT2D eigenvalue weighted by Crippen LogP contribution is 2.29. The Morgan fingerprint density at radius 2 is 1.78 bits per heavy atom. The van der Waals surface area contributed by atoms with Crippen LogP contribution in [0.5, 0.6) is 5.75 Å².